The minimum Gasteiger partial charge on any atom is -0.435 e. The number of fused-ring (bicyclic) bond motifs is 1. The molecule has 0 bridgehead atoms. The number of halogens is 4. The first-order valence-electron chi connectivity index (χ1n) is 9.42. The molecule has 29 heavy (non-hydrogen) atoms. The van der Waals surface area contributed by atoms with E-state index >= 15 is 0 Å². The molecule has 2 heterocycles. The van der Waals surface area contributed by atoms with Crippen LogP contribution in [-0.2, 0) is 17.9 Å². The van der Waals surface area contributed by atoms with Gasteiger partial charge in [0.05, 0.1) is 0 Å². The van der Waals surface area contributed by atoms with Crippen LogP contribution in [0.4, 0.5) is 17.6 Å². The van der Waals surface area contributed by atoms with Gasteiger partial charge in [0.2, 0.25) is 5.91 Å². The third-order valence-electron chi connectivity index (χ3n) is 5.64. The minimum atomic E-state index is -2.88. The lowest BCUT2D eigenvalue weighted by molar-refractivity contribution is -0.129. The molecule has 2 aliphatic rings. The van der Waals surface area contributed by atoms with Crippen LogP contribution in [0.25, 0.3) is 0 Å². The molecule has 2 aliphatic heterocycles. The van der Waals surface area contributed by atoms with Crippen molar-refractivity contribution in [2.75, 3.05) is 6.54 Å². The average molecular weight is 408 g/mol. The minimum absolute atomic E-state index is 0.00248. The molecule has 0 N–H and O–H groups in total. The molecule has 2 aromatic carbocycles. The van der Waals surface area contributed by atoms with E-state index in [-0.39, 0.29) is 35.8 Å². The van der Waals surface area contributed by atoms with Gasteiger partial charge < -0.3 is 9.64 Å². The summed E-state index contributed by atoms with van der Waals surface area (Å²) in [5.41, 5.74) is 1.10. The Morgan fingerprint density at radius 1 is 1.03 bits per heavy atom. The first-order chi connectivity index (χ1) is 13.9. The fraction of sp³-hybridized carbons (Fsp3) is 0.381. The van der Waals surface area contributed by atoms with Gasteiger partial charge in [0.25, 0.3) is 0 Å². The van der Waals surface area contributed by atoms with Crippen molar-refractivity contribution in [3.63, 3.8) is 0 Å². The zero-order chi connectivity index (χ0) is 20.5. The quantitative estimate of drug-likeness (QED) is 0.679. The molecule has 2 fully saturated rings. The van der Waals surface area contributed by atoms with Crippen molar-refractivity contribution < 1.29 is 27.1 Å². The van der Waals surface area contributed by atoms with Gasteiger partial charge in [-0.05, 0) is 30.2 Å². The molecule has 8 heteroatoms. The Morgan fingerprint density at radius 2 is 1.79 bits per heavy atom. The monoisotopic (exact) mass is 408 g/mol. The fourth-order valence-electron chi connectivity index (χ4n) is 4.27. The van der Waals surface area contributed by atoms with Crippen LogP contribution in [0.15, 0.2) is 42.5 Å². The molecule has 0 saturated carbocycles. The van der Waals surface area contributed by atoms with Gasteiger partial charge in [-0.3, -0.25) is 9.69 Å². The predicted octanol–water partition coefficient (Wildman–Crippen LogP) is 3.94. The molecule has 0 radical (unpaired) electrons. The number of ether oxygens (including phenoxy) is 1. The summed E-state index contributed by atoms with van der Waals surface area (Å²) in [5.74, 6) is -1.65. The van der Waals surface area contributed by atoms with Crippen molar-refractivity contribution >= 4 is 5.91 Å². The highest BCUT2D eigenvalue weighted by Crippen LogP contribution is 2.35. The second kappa shape index (κ2) is 8.02. The van der Waals surface area contributed by atoms with E-state index in [1.54, 1.807) is 23.1 Å². The number of carbonyl (C=O) groups excluding carboxylic acids is 1. The molecule has 2 saturated heterocycles. The summed E-state index contributed by atoms with van der Waals surface area (Å²) in [5, 5.41) is 0. The van der Waals surface area contributed by atoms with E-state index < -0.39 is 18.2 Å². The smallest absolute Gasteiger partial charge is 0.387 e. The van der Waals surface area contributed by atoms with Crippen LogP contribution in [0.2, 0.25) is 0 Å². The third-order valence-corrected chi connectivity index (χ3v) is 5.64. The number of hydrogen-bond donors (Lipinski definition) is 0. The van der Waals surface area contributed by atoms with Gasteiger partial charge in [-0.2, -0.15) is 8.78 Å². The molecule has 154 valence electrons. The van der Waals surface area contributed by atoms with Crippen molar-refractivity contribution in [2.45, 2.75) is 44.6 Å². The Hall–Kier alpha value is -2.61. The largest absolute Gasteiger partial charge is 0.435 e. The summed E-state index contributed by atoms with van der Waals surface area (Å²) in [6, 6.07) is 10.3. The second-order valence-electron chi connectivity index (χ2n) is 7.36. The van der Waals surface area contributed by atoms with Gasteiger partial charge in [-0.1, -0.05) is 24.3 Å². The summed E-state index contributed by atoms with van der Waals surface area (Å²) in [7, 11) is 0. The molecule has 4 rings (SSSR count). The van der Waals surface area contributed by atoms with E-state index in [4.69, 9.17) is 0 Å². The number of carbonyl (C=O) groups is 1. The molecular formula is C21H20F4N2O2. The van der Waals surface area contributed by atoms with Crippen LogP contribution in [0.5, 0.6) is 5.75 Å². The molecule has 4 nitrogen and oxygen atoms in total. The van der Waals surface area contributed by atoms with E-state index in [1.807, 2.05) is 4.90 Å². The van der Waals surface area contributed by atoms with Gasteiger partial charge in [-0.25, -0.2) is 8.78 Å². The Bertz CT molecular complexity index is 891. The zero-order valence-electron chi connectivity index (χ0n) is 15.5. The topological polar surface area (TPSA) is 32.8 Å². The van der Waals surface area contributed by atoms with E-state index in [0.717, 1.165) is 18.1 Å². The Morgan fingerprint density at radius 3 is 2.52 bits per heavy atom. The van der Waals surface area contributed by atoms with Crippen molar-refractivity contribution in [2.24, 2.45) is 0 Å². The van der Waals surface area contributed by atoms with Gasteiger partial charge in [0.1, 0.15) is 5.75 Å². The number of likely N-dealkylation sites (tertiary alicyclic amines) is 2. The molecule has 2 atom stereocenters. The predicted molar refractivity (Wildman–Crippen MR) is 97.2 cm³/mol. The molecule has 0 spiro atoms. The van der Waals surface area contributed by atoms with Crippen LogP contribution >= 0.6 is 0 Å². The molecule has 0 aromatic heterocycles. The van der Waals surface area contributed by atoms with Crippen molar-refractivity contribution in [1.82, 2.24) is 9.80 Å². The van der Waals surface area contributed by atoms with Gasteiger partial charge in [0.15, 0.2) is 11.6 Å². The lowest BCUT2D eigenvalue weighted by atomic mass is 10.1. The maximum absolute atomic E-state index is 14.0. The number of nitrogens with zero attached hydrogens (tertiary/aromatic N) is 2. The maximum Gasteiger partial charge on any atom is 0.387 e. The second-order valence-corrected chi connectivity index (χ2v) is 7.36. The molecule has 0 unspecified atom stereocenters. The average Bonchev–Trinajstić information content (AvgIpc) is 3.20. The highest BCUT2D eigenvalue weighted by molar-refractivity contribution is 5.80. The molecule has 2 aromatic rings. The van der Waals surface area contributed by atoms with Crippen LogP contribution in [0, 0.1) is 11.6 Å². The number of amides is 1. The van der Waals surface area contributed by atoms with E-state index in [1.165, 1.54) is 18.2 Å². The zero-order valence-corrected chi connectivity index (χ0v) is 15.5. The van der Waals surface area contributed by atoms with E-state index in [0.29, 0.717) is 19.5 Å². The standard InChI is InChI=1S/C21H20F4N2O2/c22-16-3-1-2-14(20(16)23)12-26-9-8-17-18(26)10-19(28)27(17)11-13-4-6-15(7-5-13)29-21(24)25/h1-7,17-18,21H,8-12H2/t17-,18-/m0/s1. The lowest BCUT2D eigenvalue weighted by Gasteiger charge is -2.25. The number of alkyl halides is 2. The first-order valence-corrected chi connectivity index (χ1v) is 9.42. The SMILES string of the molecule is O=C1C[C@H]2[C@H](CCN2Cc2cccc(F)c2F)N1Cc1ccc(OC(F)F)cc1. The number of benzene rings is 2. The fourth-order valence-corrected chi connectivity index (χ4v) is 4.27. The summed E-state index contributed by atoms with van der Waals surface area (Å²) >= 11 is 0. The van der Waals surface area contributed by atoms with Crippen LogP contribution in [-0.4, -0.2) is 40.9 Å². The summed E-state index contributed by atoms with van der Waals surface area (Å²) in [6.45, 7) is -1.56. The van der Waals surface area contributed by atoms with Crippen LogP contribution < -0.4 is 4.74 Å². The Balaban J connectivity index is 1.43. The van der Waals surface area contributed by atoms with E-state index in [9.17, 15) is 22.4 Å². The third kappa shape index (κ3) is 4.07. The highest BCUT2D eigenvalue weighted by atomic mass is 19.3. The number of rotatable bonds is 6. The summed E-state index contributed by atoms with van der Waals surface area (Å²) < 4.78 is 56.4. The summed E-state index contributed by atoms with van der Waals surface area (Å²) in [6.07, 6.45) is 1.08. The maximum atomic E-state index is 14.0. The molecular weight excluding hydrogens is 388 g/mol. The van der Waals surface area contributed by atoms with Crippen molar-refractivity contribution in [1.29, 1.82) is 0 Å². The molecule has 1 amide bonds. The van der Waals surface area contributed by atoms with Crippen molar-refractivity contribution in [3.8, 4) is 5.75 Å². The van der Waals surface area contributed by atoms with Crippen LogP contribution in [0.3, 0.4) is 0 Å². The van der Waals surface area contributed by atoms with Gasteiger partial charge in [0, 0.05) is 43.7 Å². The normalized spacial score (nSPS) is 21.8. The molecule has 0 aliphatic carbocycles. The van der Waals surface area contributed by atoms with Gasteiger partial charge in [-0.15, -0.1) is 0 Å². The highest BCUT2D eigenvalue weighted by Gasteiger charge is 2.46. The Kier molecular flexibility index (Phi) is 5.45. The van der Waals surface area contributed by atoms with Gasteiger partial charge >= 0.3 is 6.61 Å². The Labute approximate surface area is 165 Å². The number of hydrogen-bond acceptors (Lipinski definition) is 3. The van der Waals surface area contributed by atoms with E-state index in [2.05, 4.69) is 4.74 Å². The summed E-state index contributed by atoms with van der Waals surface area (Å²) in [4.78, 5) is 16.4. The van der Waals surface area contributed by atoms with Crippen LogP contribution in [0.1, 0.15) is 24.0 Å². The van der Waals surface area contributed by atoms with Crippen molar-refractivity contribution in [3.05, 3.63) is 65.2 Å². The first kappa shape index (κ1) is 19.7. The lowest BCUT2D eigenvalue weighted by Crippen LogP contribution is -2.36.